The van der Waals surface area contributed by atoms with Gasteiger partial charge in [0, 0.05) is 10.3 Å². The van der Waals surface area contributed by atoms with Crippen LogP contribution in [0, 0.1) is 0 Å². The third-order valence-corrected chi connectivity index (χ3v) is 1.29. The van der Waals surface area contributed by atoms with Crippen LogP contribution in [-0.2, 0) is 9.53 Å². The van der Waals surface area contributed by atoms with Gasteiger partial charge < -0.3 is 4.74 Å². The van der Waals surface area contributed by atoms with Gasteiger partial charge in [0.2, 0.25) is 0 Å². The molecule has 2 nitrogen and oxygen atoms in total. The smallest absolute Gasteiger partial charge is 0.305 e. The SMILES string of the molecule is CCCC(=O)OCC(C)I. The summed E-state index contributed by atoms with van der Waals surface area (Å²) in [4.78, 5) is 10.7. The lowest BCUT2D eigenvalue weighted by Crippen LogP contribution is -2.10. The number of hydrogen-bond acceptors (Lipinski definition) is 2. The normalized spacial score (nSPS) is 12.7. The van der Waals surface area contributed by atoms with Crippen LogP contribution < -0.4 is 0 Å². The Morgan fingerprint density at radius 3 is 2.70 bits per heavy atom. The Balaban J connectivity index is 3.22. The molecule has 0 aromatic rings. The lowest BCUT2D eigenvalue weighted by atomic mass is 10.3. The zero-order valence-corrected chi connectivity index (χ0v) is 8.55. The number of halogens is 1. The zero-order chi connectivity index (χ0) is 7.98. The summed E-state index contributed by atoms with van der Waals surface area (Å²) in [6.45, 7) is 4.52. The summed E-state index contributed by atoms with van der Waals surface area (Å²) in [5.74, 6) is -0.0778. The molecular weight excluding hydrogens is 243 g/mol. The van der Waals surface area contributed by atoms with Crippen molar-refractivity contribution >= 4 is 28.6 Å². The molecule has 1 unspecified atom stereocenters. The number of hydrogen-bond donors (Lipinski definition) is 0. The largest absolute Gasteiger partial charge is 0.465 e. The van der Waals surface area contributed by atoms with E-state index in [4.69, 9.17) is 4.74 Å². The Labute approximate surface area is 75.5 Å². The van der Waals surface area contributed by atoms with E-state index in [-0.39, 0.29) is 5.97 Å². The molecule has 0 aromatic carbocycles. The first-order chi connectivity index (χ1) is 4.66. The first kappa shape index (κ1) is 10.2. The first-order valence-electron chi connectivity index (χ1n) is 3.46. The number of alkyl halides is 1. The highest BCUT2D eigenvalue weighted by Crippen LogP contribution is 2.00. The third-order valence-electron chi connectivity index (χ3n) is 0.928. The summed E-state index contributed by atoms with van der Waals surface area (Å²) in [5.41, 5.74) is 0. The van der Waals surface area contributed by atoms with Crippen LogP contribution in [0.1, 0.15) is 26.7 Å². The van der Waals surface area contributed by atoms with Gasteiger partial charge in [-0.1, -0.05) is 36.4 Å². The molecule has 0 aliphatic carbocycles. The van der Waals surface area contributed by atoms with Gasteiger partial charge in [-0.2, -0.15) is 0 Å². The Morgan fingerprint density at radius 1 is 1.70 bits per heavy atom. The van der Waals surface area contributed by atoms with Gasteiger partial charge in [0.15, 0.2) is 0 Å². The molecule has 0 radical (unpaired) electrons. The van der Waals surface area contributed by atoms with Crippen molar-refractivity contribution in [1.82, 2.24) is 0 Å². The van der Waals surface area contributed by atoms with Crippen LogP contribution in [0.5, 0.6) is 0 Å². The highest BCUT2D eigenvalue weighted by molar-refractivity contribution is 14.1. The van der Waals surface area contributed by atoms with Crippen molar-refractivity contribution in [1.29, 1.82) is 0 Å². The second-order valence-electron chi connectivity index (χ2n) is 2.21. The minimum absolute atomic E-state index is 0.0778. The summed E-state index contributed by atoms with van der Waals surface area (Å²) < 4.78 is 5.31. The van der Waals surface area contributed by atoms with Crippen molar-refractivity contribution in [3.8, 4) is 0 Å². The minimum atomic E-state index is -0.0778. The Kier molecular flexibility index (Phi) is 6.06. The van der Waals surface area contributed by atoms with E-state index in [1.807, 2.05) is 13.8 Å². The fraction of sp³-hybridized carbons (Fsp3) is 0.857. The van der Waals surface area contributed by atoms with Crippen molar-refractivity contribution in [3.05, 3.63) is 0 Å². The van der Waals surface area contributed by atoms with Crippen LogP contribution in [0.3, 0.4) is 0 Å². The summed E-state index contributed by atoms with van der Waals surface area (Å²) >= 11 is 2.23. The maximum atomic E-state index is 10.7. The van der Waals surface area contributed by atoms with Crippen LogP contribution in [0.25, 0.3) is 0 Å². The van der Waals surface area contributed by atoms with E-state index in [9.17, 15) is 4.79 Å². The predicted octanol–water partition coefficient (Wildman–Crippen LogP) is 2.15. The molecule has 0 aliphatic rings. The number of rotatable bonds is 4. The Hall–Kier alpha value is 0.200. The monoisotopic (exact) mass is 256 g/mol. The van der Waals surface area contributed by atoms with Crippen LogP contribution in [0.4, 0.5) is 0 Å². The number of esters is 1. The number of ether oxygens (including phenoxy) is 1. The molecule has 10 heavy (non-hydrogen) atoms. The summed E-state index contributed by atoms with van der Waals surface area (Å²) in [6, 6.07) is 0. The average Bonchev–Trinajstić information content (AvgIpc) is 1.85. The van der Waals surface area contributed by atoms with Gasteiger partial charge in [-0.3, -0.25) is 4.79 Å². The summed E-state index contributed by atoms with van der Waals surface area (Å²) in [6.07, 6.45) is 1.41. The number of carbonyl (C=O) groups is 1. The summed E-state index contributed by atoms with van der Waals surface area (Å²) in [7, 11) is 0. The molecule has 3 heteroatoms. The molecule has 1 atom stereocenters. The molecule has 0 N–H and O–H groups in total. The van der Waals surface area contributed by atoms with E-state index >= 15 is 0 Å². The molecule has 60 valence electrons. The molecule has 0 bridgehead atoms. The molecule has 0 saturated carbocycles. The van der Waals surface area contributed by atoms with Gasteiger partial charge in [0.1, 0.15) is 6.61 Å². The quantitative estimate of drug-likeness (QED) is 0.437. The lowest BCUT2D eigenvalue weighted by Gasteiger charge is -2.04. The highest BCUT2D eigenvalue weighted by Gasteiger charge is 2.01. The van der Waals surface area contributed by atoms with Crippen molar-refractivity contribution in [3.63, 3.8) is 0 Å². The molecule has 0 aromatic heterocycles. The van der Waals surface area contributed by atoms with Crippen LogP contribution in [-0.4, -0.2) is 16.5 Å². The zero-order valence-electron chi connectivity index (χ0n) is 6.39. The van der Waals surface area contributed by atoms with E-state index in [1.54, 1.807) is 0 Å². The Bertz CT molecular complexity index is 102. The maximum absolute atomic E-state index is 10.7. The fourth-order valence-electron chi connectivity index (χ4n) is 0.484. The van der Waals surface area contributed by atoms with Gasteiger partial charge in [-0.05, 0) is 6.42 Å². The van der Waals surface area contributed by atoms with Gasteiger partial charge in [-0.15, -0.1) is 0 Å². The molecule has 0 saturated heterocycles. The second kappa shape index (κ2) is 5.95. The van der Waals surface area contributed by atoms with Gasteiger partial charge in [-0.25, -0.2) is 0 Å². The molecule has 0 spiro atoms. The van der Waals surface area contributed by atoms with Crippen molar-refractivity contribution in [2.24, 2.45) is 0 Å². The van der Waals surface area contributed by atoms with Crippen molar-refractivity contribution in [2.75, 3.05) is 6.61 Å². The average molecular weight is 256 g/mol. The molecule has 0 aliphatic heterocycles. The lowest BCUT2D eigenvalue weighted by molar-refractivity contribution is -0.143. The summed E-state index contributed by atoms with van der Waals surface area (Å²) in [5, 5.41) is 0. The first-order valence-corrected chi connectivity index (χ1v) is 4.71. The van der Waals surface area contributed by atoms with Crippen molar-refractivity contribution < 1.29 is 9.53 Å². The van der Waals surface area contributed by atoms with Gasteiger partial charge in [0.25, 0.3) is 0 Å². The predicted molar refractivity (Wildman–Crippen MR) is 49.3 cm³/mol. The van der Waals surface area contributed by atoms with E-state index in [0.29, 0.717) is 17.0 Å². The van der Waals surface area contributed by atoms with E-state index in [0.717, 1.165) is 6.42 Å². The molecule has 0 rings (SSSR count). The van der Waals surface area contributed by atoms with Crippen LogP contribution in [0.2, 0.25) is 0 Å². The van der Waals surface area contributed by atoms with Crippen LogP contribution in [0.15, 0.2) is 0 Å². The topological polar surface area (TPSA) is 26.3 Å². The maximum Gasteiger partial charge on any atom is 0.305 e. The Morgan fingerprint density at radius 2 is 2.30 bits per heavy atom. The van der Waals surface area contributed by atoms with E-state index < -0.39 is 0 Å². The van der Waals surface area contributed by atoms with Gasteiger partial charge in [0.05, 0.1) is 0 Å². The molecule has 0 heterocycles. The molecule has 0 amide bonds. The molecular formula is C7H13IO2. The second-order valence-corrected chi connectivity index (χ2v) is 4.34. The van der Waals surface area contributed by atoms with Crippen LogP contribution >= 0.6 is 22.6 Å². The molecule has 0 fully saturated rings. The third kappa shape index (κ3) is 6.32. The van der Waals surface area contributed by atoms with Gasteiger partial charge >= 0.3 is 5.97 Å². The van der Waals surface area contributed by atoms with E-state index in [2.05, 4.69) is 22.6 Å². The highest BCUT2D eigenvalue weighted by atomic mass is 127. The minimum Gasteiger partial charge on any atom is -0.465 e. The standard InChI is InChI=1S/C7H13IO2/c1-3-4-7(9)10-5-6(2)8/h6H,3-5H2,1-2H3. The van der Waals surface area contributed by atoms with Crippen molar-refractivity contribution in [2.45, 2.75) is 30.6 Å². The van der Waals surface area contributed by atoms with E-state index in [1.165, 1.54) is 0 Å². The fourth-order valence-corrected chi connectivity index (χ4v) is 0.664. The number of carbonyl (C=O) groups excluding carboxylic acids is 1.